The number of urea groups is 1. The number of primary amides is 1. The average molecular weight is 215 g/mol. The van der Waals surface area contributed by atoms with Crippen LogP contribution in [0, 0.1) is 0 Å². The Morgan fingerprint density at radius 3 is 2.23 bits per heavy atom. The van der Waals surface area contributed by atoms with Gasteiger partial charge in [-0.15, -0.1) is 0 Å². The standard InChI is InChI=1S/C4H7F2N3O3S/c5-4(6)1-9(2-4)13(11,12)8-3(7)10/h1-2H2,(H3,7,8,10). The summed E-state index contributed by atoms with van der Waals surface area (Å²) in [7, 11) is -4.17. The largest absolute Gasteiger partial charge is 0.351 e. The van der Waals surface area contributed by atoms with Crippen molar-refractivity contribution in [3.8, 4) is 0 Å². The second-order valence-corrected chi connectivity index (χ2v) is 4.27. The minimum Gasteiger partial charge on any atom is -0.351 e. The van der Waals surface area contributed by atoms with Gasteiger partial charge in [0.15, 0.2) is 0 Å². The first kappa shape index (κ1) is 10.1. The van der Waals surface area contributed by atoms with Gasteiger partial charge in [0.25, 0.3) is 5.92 Å². The molecular weight excluding hydrogens is 208 g/mol. The third kappa shape index (κ3) is 2.25. The van der Waals surface area contributed by atoms with Crippen LogP contribution in [-0.4, -0.2) is 37.8 Å². The van der Waals surface area contributed by atoms with Crippen LogP contribution in [0.1, 0.15) is 0 Å². The molecule has 9 heteroatoms. The minimum absolute atomic E-state index is 0.428. The zero-order chi connectivity index (χ0) is 10.3. The van der Waals surface area contributed by atoms with Crippen molar-refractivity contribution in [1.82, 2.24) is 9.03 Å². The van der Waals surface area contributed by atoms with E-state index in [2.05, 4.69) is 5.73 Å². The molecule has 0 atom stereocenters. The summed E-state index contributed by atoms with van der Waals surface area (Å²) in [4.78, 5) is 10.1. The van der Waals surface area contributed by atoms with Gasteiger partial charge in [-0.05, 0) is 0 Å². The van der Waals surface area contributed by atoms with Crippen molar-refractivity contribution in [3.05, 3.63) is 0 Å². The fraction of sp³-hybridized carbons (Fsp3) is 0.750. The summed E-state index contributed by atoms with van der Waals surface area (Å²) in [5.41, 5.74) is 4.52. The van der Waals surface area contributed by atoms with Gasteiger partial charge >= 0.3 is 16.2 Å². The van der Waals surface area contributed by atoms with Crippen LogP contribution in [0.5, 0.6) is 0 Å². The number of amides is 2. The van der Waals surface area contributed by atoms with E-state index in [1.807, 2.05) is 0 Å². The van der Waals surface area contributed by atoms with E-state index >= 15 is 0 Å². The highest BCUT2D eigenvalue weighted by Crippen LogP contribution is 2.28. The second kappa shape index (κ2) is 2.77. The van der Waals surface area contributed by atoms with Crippen LogP contribution < -0.4 is 10.5 Å². The Morgan fingerprint density at radius 2 is 1.92 bits per heavy atom. The number of nitrogens with one attached hydrogen (secondary N) is 1. The normalized spacial score (nSPS) is 22.0. The van der Waals surface area contributed by atoms with Crippen LogP contribution in [-0.2, 0) is 10.2 Å². The summed E-state index contributed by atoms with van der Waals surface area (Å²) in [5, 5.41) is 0. The van der Waals surface area contributed by atoms with E-state index in [-0.39, 0.29) is 0 Å². The summed E-state index contributed by atoms with van der Waals surface area (Å²) in [5.74, 6) is -3.01. The Bertz CT molecular complexity index is 320. The third-order valence-corrected chi connectivity index (χ3v) is 2.78. The van der Waals surface area contributed by atoms with Crippen molar-refractivity contribution in [3.63, 3.8) is 0 Å². The Hall–Kier alpha value is -0.960. The zero-order valence-electron chi connectivity index (χ0n) is 6.33. The van der Waals surface area contributed by atoms with Gasteiger partial charge in [0.05, 0.1) is 13.1 Å². The molecule has 1 rings (SSSR count). The minimum atomic E-state index is -4.17. The Labute approximate surface area is 72.9 Å². The van der Waals surface area contributed by atoms with Crippen LogP contribution in [0.15, 0.2) is 0 Å². The van der Waals surface area contributed by atoms with E-state index in [1.165, 1.54) is 4.72 Å². The molecule has 1 aliphatic heterocycles. The molecule has 13 heavy (non-hydrogen) atoms. The number of carbonyl (C=O) groups excluding carboxylic acids is 1. The van der Waals surface area contributed by atoms with Gasteiger partial charge in [0.1, 0.15) is 0 Å². The molecule has 3 N–H and O–H groups in total. The number of carbonyl (C=O) groups is 1. The molecule has 1 saturated heterocycles. The Morgan fingerprint density at radius 1 is 1.46 bits per heavy atom. The lowest BCUT2D eigenvalue weighted by atomic mass is 10.2. The van der Waals surface area contributed by atoms with Crippen LogP contribution >= 0.6 is 0 Å². The highest BCUT2D eigenvalue weighted by molar-refractivity contribution is 7.87. The first-order valence-corrected chi connectivity index (χ1v) is 4.62. The average Bonchev–Trinajstić information content (AvgIpc) is 1.79. The van der Waals surface area contributed by atoms with Gasteiger partial charge in [0.2, 0.25) is 0 Å². The predicted molar refractivity (Wildman–Crippen MR) is 38.2 cm³/mol. The van der Waals surface area contributed by atoms with Crippen LogP contribution in [0.4, 0.5) is 13.6 Å². The Kier molecular flexibility index (Phi) is 2.16. The fourth-order valence-electron chi connectivity index (χ4n) is 0.831. The van der Waals surface area contributed by atoms with Crippen LogP contribution in [0.3, 0.4) is 0 Å². The first-order valence-electron chi connectivity index (χ1n) is 3.18. The summed E-state index contributed by atoms with van der Waals surface area (Å²) >= 11 is 0. The van der Waals surface area contributed by atoms with Crippen molar-refractivity contribution in [1.29, 1.82) is 0 Å². The van der Waals surface area contributed by atoms with Crippen molar-refractivity contribution in [2.24, 2.45) is 5.73 Å². The highest BCUT2D eigenvalue weighted by atomic mass is 32.2. The molecule has 1 aliphatic rings. The number of hydrogen-bond acceptors (Lipinski definition) is 3. The topological polar surface area (TPSA) is 92.5 Å². The van der Waals surface area contributed by atoms with E-state index in [4.69, 9.17) is 0 Å². The molecular formula is C4H7F2N3O3S. The van der Waals surface area contributed by atoms with Crippen molar-refractivity contribution in [2.45, 2.75) is 5.92 Å². The van der Waals surface area contributed by atoms with E-state index in [0.29, 0.717) is 4.31 Å². The number of nitrogens with two attached hydrogens (primary N) is 1. The SMILES string of the molecule is NC(=O)NS(=O)(=O)N1CC(F)(F)C1. The molecule has 0 aromatic rings. The molecule has 76 valence electrons. The van der Waals surface area contributed by atoms with E-state index in [1.54, 1.807) is 0 Å². The smallest absolute Gasteiger partial charge is 0.326 e. The number of hydrogen-bond donors (Lipinski definition) is 2. The van der Waals surface area contributed by atoms with Crippen LogP contribution in [0.25, 0.3) is 0 Å². The molecule has 2 amide bonds. The van der Waals surface area contributed by atoms with Gasteiger partial charge in [-0.1, -0.05) is 0 Å². The molecule has 0 aromatic carbocycles. The summed E-state index contributed by atoms with van der Waals surface area (Å²) in [6.07, 6.45) is 0. The number of alkyl halides is 2. The lowest BCUT2D eigenvalue weighted by Gasteiger charge is -2.36. The summed E-state index contributed by atoms with van der Waals surface area (Å²) in [6, 6.07) is -1.30. The maximum Gasteiger partial charge on any atom is 0.326 e. The van der Waals surface area contributed by atoms with Gasteiger partial charge in [-0.3, -0.25) is 0 Å². The highest BCUT2D eigenvalue weighted by Gasteiger charge is 2.49. The van der Waals surface area contributed by atoms with Crippen molar-refractivity contribution in [2.75, 3.05) is 13.1 Å². The van der Waals surface area contributed by atoms with Gasteiger partial charge in [0, 0.05) is 0 Å². The molecule has 0 aliphatic carbocycles. The Balaban J connectivity index is 2.60. The monoisotopic (exact) mass is 215 g/mol. The quantitative estimate of drug-likeness (QED) is 0.609. The molecule has 6 nitrogen and oxygen atoms in total. The maximum absolute atomic E-state index is 12.2. The van der Waals surface area contributed by atoms with Gasteiger partial charge in [-0.25, -0.2) is 18.3 Å². The number of rotatable bonds is 2. The second-order valence-electron chi connectivity index (χ2n) is 2.60. The van der Waals surface area contributed by atoms with Gasteiger partial charge < -0.3 is 5.73 Å². The number of halogens is 2. The molecule has 0 spiro atoms. The van der Waals surface area contributed by atoms with Crippen molar-refractivity contribution >= 4 is 16.2 Å². The summed E-state index contributed by atoms with van der Waals surface area (Å²) < 4.78 is 48.0. The maximum atomic E-state index is 12.2. The fourth-order valence-corrected chi connectivity index (χ4v) is 1.93. The molecule has 1 fully saturated rings. The van der Waals surface area contributed by atoms with Crippen LogP contribution in [0.2, 0.25) is 0 Å². The predicted octanol–water partition coefficient (Wildman–Crippen LogP) is -1.15. The third-order valence-electron chi connectivity index (χ3n) is 1.38. The van der Waals surface area contributed by atoms with E-state index < -0.39 is 35.3 Å². The zero-order valence-corrected chi connectivity index (χ0v) is 7.14. The van der Waals surface area contributed by atoms with Crippen molar-refractivity contribution < 1.29 is 22.0 Å². The molecule has 0 radical (unpaired) electrons. The van der Waals surface area contributed by atoms with Gasteiger partial charge in [-0.2, -0.15) is 12.7 Å². The summed E-state index contributed by atoms with van der Waals surface area (Å²) in [6.45, 7) is -1.84. The van der Waals surface area contributed by atoms with E-state index in [0.717, 1.165) is 0 Å². The molecule has 0 unspecified atom stereocenters. The molecule has 0 bridgehead atoms. The number of nitrogens with zero attached hydrogens (tertiary/aromatic N) is 1. The molecule has 0 saturated carbocycles. The van der Waals surface area contributed by atoms with E-state index in [9.17, 15) is 22.0 Å². The lowest BCUT2D eigenvalue weighted by molar-refractivity contribution is -0.0948. The molecule has 1 heterocycles. The molecule has 0 aromatic heterocycles. The first-order chi connectivity index (χ1) is 5.73. The lowest BCUT2D eigenvalue weighted by Crippen LogP contribution is -2.61.